The smallest absolute Gasteiger partial charge is 0.261 e. The molecule has 232 valence electrons. The maximum atomic E-state index is 14.3. The Hall–Kier alpha value is -6.02. The molecule has 8 heteroatoms. The average Bonchev–Trinajstić information content (AvgIpc) is 3.10. The minimum atomic E-state index is -0.435. The number of benzene rings is 7. The fourth-order valence-corrected chi connectivity index (χ4v) is 7.64. The first-order valence-electron chi connectivity index (χ1n) is 15.7. The van der Waals surface area contributed by atoms with Gasteiger partial charge in [0, 0.05) is 46.1 Å². The molecule has 6 nitrogen and oxygen atoms in total. The van der Waals surface area contributed by atoms with E-state index in [0.29, 0.717) is 44.2 Å². The highest BCUT2D eigenvalue weighted by Gasteiger charge is 2.36. The lowest BCUT2D eigenvalue weighted by atomic mass is 9.82. The van der Waals surface area contributed by atoms with Gasteiger partial charge < -0.3 is 0 Å². The molecule has 0 unspecified atom stereocenters. The van der Waals surface area contributed by atoms with E-state index in [1.165, 1.54) is 21.9 Å². The van der Waals surface area contributed by atoms with E-state index in [-0.39, 0.29) is 37.6 Å². The van der Waals surface area contributed by atoms with Gasteiger partial charge in [0.05, 0.1) is 0 Å². The molecule has 0 fully saturated rings. The molecule has 0 spiro atoms. The summed E-state index contributed by atoms with van der Waals surface area (Å²) in [6.45, 7) is 0.0756. The number of rotatable bonds is 6. The van der Waals surface area contributed by atoms with Crippen LogP contribution in [0.25, 0.3) is 43.1 Å². The first kappa shape index (κ1) is 28.2. The fourth-order valence-electron chi connectivity index (χ4n) is 7.64. The third kappa shape index (κ3) is 3.83. The summed E-state index contributed by atoms with van der Waals surface area (Å²) < 4.78 is 28.6. The summed E-state index contributed by atoms with van der Waals surface area (Å²) in [6.07, 6.45) is 0.383. The van der Waals surface area contributed by atoms with Gasteiger partial charge in [0.1, 0.15) is 11.6 Å². The Morgan fingerprint density at radius 3 is 1.02 bits per heavy atom. The Bertz CT molecular complexity index is 2300. The highest BCUT2D eigenvalue weighted by molar-refractivity contribution is 6.41. The van der Waals surface area contributed by atoms with Gasteiger partial charge in [-0.25, -0.2) is 8.78 Å². The van der Waals surface area contributed by atoms with Gasteiger partial charge in [-0.15, -0.1) is 0 Å². The lowest BCUT2D eigenvalue weighted by molar-refractivity contribution is 0.0596. The number of fused-ring (bicyclic) bond motifs is 2. The Kier molecular flexibility index (Phi) is 6.02. The van der Waals surface area contributed by atoms with E-state index in [2.05, 4.69) is 0 Å². The summed E-state index contributed by atoms with van der Waals surface area (Å²) in [5.41, 5.74) is 2.42. The number of carbonyl (C=O) groups is 4. The quantitative estimate of drug-likeness (QED) is 0.107. The van der Waals surface area contributed by atoms with Crippen LogP contribution in [0.15, 0.2) is 97.1 Å². The van der Waals surface area contributed by atoms with Crippen LogP contribution in [-0.4, -0.2) is 46.5 Å². The summed E-state index contributed by atoms with van der Waals surface area (Å²) in [5.74, 6) is -2.51. The first-order valence-corrected chi connectivity index (χ1v) is 15.7. The molecule has 0 atom stereocenters. The van der Waals surface area contributed by atoms with Crippen molar-refractivity contribution in [3.63, 3.8) is 0 Å². The van der Waals surface area contributed by atoms with Gasteiger partial charge in [-0.05, 0) is 92.7 Å². The minimum Gasteiger partial charge on any atom is -0.274 e. The van der Waals surface area contributed by atoms with E-state index in [0.717, 1.165) is 32.3 Å². The van der Waals surface area contributed by atoms with Gasteiger partial charge in [0.15, 0.2) is 0 Å². The predicted molar refractivity (Wildman–Crippen MR) is 179 cm³/mol. The highest BCUT2D eigenvalue weighted by atomic mass is 19.1. The number of nitrogens with zero attached hydrogens (tertiary/aromatic N) is 2. The van der Waals surface area contributed by atoms with Crippen LogP contribution in [0.3, 0.4) is 0 Å². The molecule has 0 bridgehead atoms. The summed E-state index contributed by atoms with van der Waals surface area (Å²) in [5, 5.41) is 5.83. The standard InChI is InChI=1S/C40H24F2N2O4/c41-31-7-3-1-5-21(31)17-19-43-37(45)27-13-9-23-25-11-15-29-36-30(40(48)44(39(29)47)20-18-22-6-2-4-8-32(22)42)16-12-26(34(25)36)24-10-14-28(38(43)46)35(27)33(23)24/h1-16H,17-20H2. The lowest BCUT2D eigenvalue weighted by Gasteiger charge is -2.30. The molecule has 2 aliphatic rings. The summed E-state index contributed by atoms with van der Waals surface area (Å²) in [7, 11) is 0. The summed E-state index contributed by atoms with van der Waals surface area (Å²) >= 11 is 0. The molecule has 0 aliphatic carbocycles. The maximum absolute atomic E-state index is 14.3. The third-order valence-electron chi connectivity index (χ3n) is 9.93. The van der Waals surface area contributed by atoms with Crippen molar-refractivity contribution >= 4 is 66.7 Å². The summed E-state index contributed by atoms with van der Waals surface area (Å²) in [4.78, 5) is 57.6. The molecule has 0 N–H and O–H groups in total. The molecular formula is C40H24F2N2O4. The van der Waals surface area contributed by atoms with Crippen LogP contribution < -0.4 is 0 Å². The van der Waals surface area contributed by atoms with Crippen molar-refractivity contribution in [2.75, 3.05) is 13.1 Å². The molecule has 0 saturated carbocycles. The number of hydrogen-bond donors (Lipinski definition) is 0. The Morgan fingerprint density at radius 2 is 0.708 bits per heavy atom. The molecule has 2 aliphatic heterocycles. The van der Waals surface area contributed by atoms with Crippen molar-refractivity contribution in [2.24, 2.45) is 0 Å². The Labute approximate surface area is 272 Å². The van der Waals surface area contributed by atoms with Crippen LogP contribution in [0, 0.1) is 11.6 Å². The molecule has 9 rings (SSSR count). The van der Waals surface area contributed by atoms with E-state index in [1.807, 2.05) is 24.3 Å². The number of amides is 4. The molecular weight excluding hydrogens is 610 g/mol. The zero-order valence-electron chi connectivity index (χ0n) is 25.3. The molecule has 7 aromatic rings. The normalized spacial score (nSPS) is 14.5. The van der Waals surface area contributed by atoms with Crippen molar-refractivity contribution in [3.8, 4) is 0 Å². The third-order valence-corrected chi connectivity index (χ3v) is 9.93. The van der Waals surface area contributed by atoms with E-state index in [4.69, 9.17) is 0 Å². The van der Waals surface area contributed by atoms with Crippen molar-refractivity contribution < 1.29 is 28.0 Å². The predicted octanol–water partition coefficient (Wildman–Crippen LogP) is 7.69. The number of hydrogen-bond acceptors (Lipinski definition) is 4. The van der Waals surface area contributed by atoms with Gasteiger partial charge in [-0.1, -0.05) is 60.7 Å². The fraction of sp³-hybridized carbons (Fsp3) is 0.100. The van der Waals surface area contributed by atoms with E-state index in [1.54, 1.807) is 60.7 Å². The van der Waals surface area contributed by atoms with Gasteiger partial charge in [0.25, 0.3) is 23.6 Å². The molecule has 2 heterocycles. The van der Waals surface area contributed by atoms with Gasteiger partial charge >= 0.3 is 0 Å². The van der Waals surface area contributed by atoms with Crippen molar-refractivity contribution in [2.45, 2.75) is 12.8 Å². The molecule has 7 aromatic carbocycles. The van der Waals surface area contributed by atoms with Gasteiger partial charge in [0.2, 0.25) is 0 Å². The number of halogens is 2. The molecule has 4 amide bonds. The molecule has 0 aromatic heterocycles. The van der Waals surface area contributed by atoms with Crippen LogP contribution >= 0.6 is 0 Å². The lowest BCUT2D eigenvalue weighted by Crippen LogP contribution is -2.41. The number of imide groups is 2. The zero-order chi connectivity index (χ0) is 32.8. The zero-order valence-corrected chi connectivity index (χ0v) is 25.3. The van der Waals surface area contributed by atoms with Crippen LogP contribution in [0.1, 0.15) is 52.6 Å². The van der Waals surface area contributed by atoms with Gasteiger partial charge in [-0.2, -0.15) is 0 Å². The van der Waals surface area contributed by atoms with Gasteiger partial charge in [-0.3, -0.25) is 29.0 Å². The van der Waals surface area contributed by atoms with E-state index in [9.17, 15) is 28.0 Å². The average molecular weight is 635 g/mol. The Balaban J connectivity index is 1.16. The molecule has 48 heavy (non-hydrogen) atoms. The minimum absolute atomic E-state index is 0.0378. The van der Waals surface area contributed by atoms with Crippen LogP contribution in [-0.2, 0) is 12.8 Å². The van der Waals surface area contributed by atoms with Crippen molar-refractivity contribution in [1.29, 1.82) is 0 Å². The maximum Gasteiger partial charge on any atom is 0.261 e. The second-order valence-corrected chi connectivity index (χ2v) is 12.3. The van der Waals surface area contributed by atoms with Crippen LogP contribution in [0.5, 0.6) is 0 Å². The van der Waals surface area contributed by atoms with Crippen molar-refractivity contribution in [1.82, 2.24) is 9.80 Å². The second-order valence-electron chi connectivity index (χ2n) is 12.3. The van der Waals surface area contributed by atoms with Crippen LogP contribution in [0.2, 0.25) is 0 Å². The molecule has 0 radical (unpaired) electrons. The summed E-state index contributed by atoms with van der Waals surface area (Å²) in [6, 6.07) is 26.9. The SMILES string of the molecule is O=C1c2ccc3c4ccc5c6c(ccc(c7ccc(c2c37)C(=O)N1CCc1ccccc1F)c64)C(=O)N(CCc1ccccc1F)C5=O. The monoisotopic (exact) mass is 634 g/mol. The van der Waals surface area contributed by atoms with Crippen LogP contribution in [0.4, 0.5) is 8.78 Å². The largest absolute Gasteiger partial charge is 0.274 e. The van der Waals surface area contributed by atoms with E-state index >= 15 is 0 Å². The molecule has 0 saturated heterocycles. The topological polar surface area (TPSA) is 74.8 Å². The first-order chi connectivity index (χ1) is 23.3. The van der Waals surface area contributed by atoms with Crippen molar-refractivity contribution in [3.05, 3.63) is 142 Å². The van der Waals surface area contributed by atoms with E-state index < -0.39 is 23.6 Å². The second kappa shape index (κ2) is 10.2. The Morgan fingerprint density at radius 1 is 0.396 bits per heavy atom. The number of carbonyl (C=O) groups excluding carboxylic acids is 4. The highest BCUT2D eigenvalue weighted by Crippen LogP contribution is 2.46.